The summed E-state index contributed by atoms with van der Waals surface area (Å²) in [5, 5.41) is 8.34. The molecule has 0 aromatic heterocycles. The molecule has 0 aliphatic heterocycles. The van der Waals surface area contributed by atoms with Gasteiger partial charge in [0.2, 0.25) is 0 Å². The molecule has 0 unspecified atom stereocenters. The Balaban J connectivity index is 3.59. The molecular weight excluding hydrogens is 200 g/mol. The summed E-state index contributed by atoms with van der Waals surface area (Å²) >= 11 is 0. The Morgan fingerprint density at radius 1 is 1.38 bits per heavy atom. The van der Waals surface area contributed by atoms with Crippen LogP contribution in [-0.2, 0) is 10.2 Å². The summed E-state index contributed by atoms with van der Waals surface area (Å²) in [6.07, 6.45) is 0. The molecule has 0 radical (unpaired) electrons. The van der Waals surface area contributed by atoms with Crippen molar-refractivity contribution < 1.29 is 16.7 Å². The number of hydrogen-bond donors (Lipinski definition) is 0. The van der Waals surface area contributed by atoms with Gasteiger partial charge in [0.1, 0.15) is 22.3 Å². The summed E-state index contributed by atoms with van der Waals surface area (Å²) in [5.41, 5.74) is -0.801. The molecular formula is C7H3F2NO2S. The molecule has 0 amide bonds. The second-order valence-corrected chi connectivity index (χ2v) is 3.48. The van der Waals surface area contributed by atoms with Gasteiger partial charge in [0.15, 0.2) is 0 Å². The van der Waals surface area contributed by atoms with E-state index in [-0.39, 0.29) is 0 Å². The number of benzene rings is 1. The highest BCUT2D eigenvalue weighted by Crippen LogP contribution is 2.19. The number of halogens is 2. The summed E-state index contributed by atoms with van der Waals surface area (Å²) in [6, 6.07) is 4.01. The van der Waals surface area contributed by atoms with Crippen LogP contribution in [0.1, 0.15) is 5.56 Å². The Bertz CT molecular complexity index is 476. The maximum Gasteiger partial charge on any atom is 0.333 e. The maximum absolute atomic E-state index is 12.7. The first-order chi connectivity index (χ1) is 5.96. The fraction of sp³-hybridized carbons (Fsp3) is 0. The van der Waals surface area contributed by atoms with Crippen LogP contribution in [0.15, 0.2) is 23.1 Å². The molecule has 6 heteroatoms. The maximum atomic E-state index is 12.7. The third kappa shape index (κ3) is 1.81. The lowest BCUT2D eigenvalue weighted by molar-refractivity contribution is 0.548. The Labute approximate surface area is 73.4 Å². The zero-order valence-electron chi connectivity index (χ0n) is 6.16. The molecule has 0 spiro atoms. The molecule has 0 heterocycles. The van der Waals surface area contributed by atoms with E-state index in [0.29, 0.717) is 0 Å². The van der Waals surface area contributed by atoms with Gasteiger partial charge in [0, 0.05) is 0 Å². The van der Waals surface area contributed by atoms with Crippen LogP contribution in [-0.4, -0.2) is 8.42 Å². The predicted molar refractivity (Wildman–Crippen MR) is 39.4 cm³/mol. The van der Waals surface area contributed by atoms with E-state index in [1.807, 2.05) is 0 Å². The van der Waals surface area contributed by atoms with Gasteiger partial charge < -0.3 is 0 Å². The Morgan fingerprint density at radius 3 is 2.38 bits per heavy atom. The number of nitriles is 1. The molecule has 1 rings (SSSR count). The van der Waals surface area contributed by atoms with Gasteiger partial charge in [0.05, 0.1) is 0 Å². The fourth-order valence-corrected chi connectivity index (χ4v) is 1.44. The van der Waals surface area contributed by atoms with Crippen LogP contribution in [0.5, 0.6) is 0 Å². The quantitative estimate of drug-likeness (QED) is 0.647. The van der Waals surface area contributed by atoms with Crippen LogP contribution >= 0.6 is 0 Å². The highest BCUT2D eigenvalue weighted by Gasteiger charge is 2.19. The van der Waals surface area contributed by atoms with E-state index in [2.05, 4.69) is 0 Å². The van der Waals surface area contributed by atoms with Crippen molar-refractivity contribution in [1.82, 2.24) is 0 Å². The summed E-state index contributed by atoms with van der Waals surface area (Å²) in [7, 11) is -5.03. The molecule has 0 fully saturated rings. The third-order valence-electron chi connectivity index (χ3n) is 1.35. The molecule has 0 saturated heterocycles. The van der Waals surface area contributed by atoms with E-state index in [1.54, 1.807) is 0 Å². The zero-order chi connectivity index (χ0) is 10.1. The van der Waals surface area contributed by atoms with Gasteiger partial charge in [-0.05, 0) is 12.1 Å². The predicted octanol–water partition coefficient (Wildman–Crippen LogP) is 1.36. The van der Waals surface area contributed by atoms with E-state index in [0.717, 1.165) is 18.2 Å². The molecule has 0 bridgehead atoms. The standard InChI is InChI=1S/C7H3F2NO2S/c8-6-2-1-3-7(5(6)4-10)13(9,11)12/h1-3H. The van der Waals surface area contributed by atoms with Gasteiger partial charge >= 0.3 is 10.2 Å². The van der Waals surface area contributed by atoms with Crippen LogP contribution < -0.4 is 0 Å². The molecule has 0 N–H and O–H groups in total. The van der Waals surface area contributed by atoms with Crippen molar-refractivity contribution in [2.45, 2.75) is 4.90 Å². The minimum Gasteiger partial charge on any atom is -0.205 e. The van der Waals surface area contributed by atoms with E-state index in [4.69, 9.17) is 5.26 Å². The minimum atomic E-state index is -5.03. The molecule has 0 aliphatic rings. The second-order valence-electron chi connectivity index (χ2n) is 2.16. The van der Waals surface area contributed by atoms with Crippen molar-refractivity contribution in [1.29, 1.82) is 5.26 Å². The first kappa shape index (κ1) is 9.61. The van der Waals surface area contributed by atoms with Crippen molar-refractivity contribution in [2.24, 2.45) is 0 Å². The van der Waals surface area contributed by atoms with Crippen molar-refractivity contribution >= 4 is 10.2 Å². The van der Waals surface area contributed by atoms with Crippen LogP contribution in [0.3, 0.4) is 0 Å². The number of rotatable bonds is 1. The average Bonchev–Trinajstić information content (AvgIpc) is 2.02. The highest BCUT2D eigenvalue weighted by atomic mass is 32.3. The lowest BCUT2D eigenvalue weighted by atomic mass is 10.2. The fourth-order valence-electron chi connectivity index (χ4n) is 0.816. The topological polar surface area (TPSA) is 57.9 Å². The Morgan fingerprint density at radius 2 is 2.00 bits per heavy atom. The minimum absolute atomic E-state index is 0.801. The molecule has 3 nitrogen and oxygen atoms in total. The molecule has 13 heavy (non-hydrogen) atoms. The first-order valence-corrected chi connectivity index (χ1v) is 4.48. The highest BCUT2D eigenvalue weighted by molar-refractivity contribution is 7.86. The van der Waals surface area contributed by atoms with E-state index in [1.165, 1.54) is 6.07 Å². The van der Waals surface area contributed by atoms with Gasteiger partial charge in [-0.25, -0.2) is 4.39 Å². The van der Waals surface area contributed by atoms with Crippen molar-refractivity contribution in [2.75, 3.05) is 0 Å². The van der Waals surface area contributed by atoms with Crippen molar-refractivity contribution in [3.63, 3.8) is 0 Å². The van der Waals surface area contributed by atoms with Gasteiger partial charge in [0.25, 0.3) is 0 Å². The molecule has 0 saturated carbocycles. The monoisotopic (exact) mass is 203 g/mol. The third-order valence-corrected chi connectivity index (χ3v) is 2.22. The smallest absolute Gasteiger partial charge is 0.205 e. The van der Waals surface area contributed by atoms with Crippen LogP contribution in [0.2, 0.25) is 0 Å². The van der Waals surface area contributed by atoms with E-state index >= 15 is 0 Å². The van der Waals surface area contributed by atoms with Crippen LogP contribution in [0.25, 0.3) is 0 Å². The zero-order valence-corrected chi connectivity index (χ0v) is 6.98. The number of nitrogens with zero attached hydrogens (tertiary/aromatic N) is 1. The van der Waals surface area contributed by atoms with E-state index < -0.39 is 26.5 Å². The summed E-state index contributed by atoms with van der Waals surface area (Å²) in [4.78, 5) is -0.935. The molecule has 0 atom stereocenters. The summed E-state index contributed by atoms with van der Waals surface area (Å²) in [6.45, 7) is 0. The normalized spacial score (nSPS) is 10.8. The summed E-state index contributed by atoms with van der Waals surface area (Å²) in [5.74, 6) is -1.05. The second kappa shape index (κ2) is 3.11. The van der Waals surface area contributed by atoms with Gasteiger partial charge in [-0.1, -0.05) is 6.07 Å². The summed E-state index contributed by atoms with van der Waals surface area (Å²) < 4.78 is 45.9. The van der Waals surface area contributed by atoms with Gasteiger partial charge in [-0.3, -0.25) is 0 Å². The lowest BCUT2D eigenvalue weighted by Crippen LogP contribution is -1.98. The molecule has 68 valence electrons. The number of hydrogen-bond acceptors (Lipinski definition) is 3. The average molecular weight is 203 g/mol. The first-order valence-electron chi connectivity index (χ1n) is 3.10. The molecule has 0 aliphatic carbocycles. The van der Waals surface area contributed by atoms with Crippen molar-refractivity contribution in [3.8, 4) is 6.07 Å². The van der Waals surface area contributed by atoms with Gasteiger partial charge in [-0.2, -0.15) is 13.7 Å². The van der Waals surface area contributed by atoms with Crippen molar-refractivity contribution in [3.05, 3.63) is 29.6 Å². The lowest BCUT2D eigenvalue weighted by Gasteiger charge is -1.97. The van der Waals surface area contributed by atoms with Crippen LogP contribution in [0.4, 0.5) is 8.28 Å². The Kier molecular flexibility index (Phi) is 2.30. The van der Waals surface area contributed by atoms with Crippen LogP contribution in [0, 0.1) is 17.1 Å². The van der Waals surface area contributed by atoms with E-state index in [9.17, 15) is 16.7 Å². The largest absolute Gasteiger partial charge is 0.333 e. The molecule has 1 aromatic carbocycles. The molecule has 1 aromatic rings. The Hall–Kier alpha value is -1.48. The van der Waals surface area contributed by atoms with Gasteiger partial charge in [-0.15, -0.1) is 3.89 Å². The SMILES string of the molecule is N#Cc1c(F)cccc1S(=O)(=O)F.